The van der Waals surface area contributed by atoms with Crippen molar-refractivity contribution in [3.05, 3.63) is 28.2 Å². The highest BCUT2D eigenvalue weighted by Gasteiger charge is 2.31. The predicted molar refractivity (Wildman–Crippen MR) is 98.6 cm³/mol. The van der Waals surface area contributed by atoms with Crippen LogP contribution in [0.25, 0.3) is 0 Å². The zero-order valence-electron chi connectivity index (χ0n) is 13.3. The molecule has 23 heavy (non-hydrogen) atoms. The van der Waals surface area contributed by atoms with Crippen molar-refractivity contribution in [2.24, 2.45) is 5.92 Å². The van der Waals surface area contributed by atoms with Crippen molar-refractivity contribution in [1.29, 1.82) is 0 Å². The molecule has 1 N–H and O–H groups in total. The number of hydrogen-bond donors (Lipinski definition) is 1. The average molecular weight is 424 g/mol. The van der Waals surface area contributed by atoms with Crippen LogP contribution in [0.1, 0.15) is 31.2 Å². The van der Waals surface area contributed by atoms with Crippen molar-refractivity contribution in [2.75, 3.05) is 19.6 Å². The van der Waals surface area contributed by atoms with E-state index in [9.17, 15) is 8.42 Å². The summed E-state index contributed by atoms with van der Waals surface area (Å²) in [4.78, 5) is 0.431. The molecule has 2 fully saturated rings. The molecule has 1 aromatic rings. The first-order valence-electron chi connectivity index (χ1n) is 7.96. The molecule has 0 bridgehead atoms. The highest BCUT2D eigenvalue weighted by Crippen LogP contribution is 2.29. The molecule has 1 heterocycles. The summed E-state index contributed by atoms with van der Waals surface area (Å²) in [6.45, 7) is 4.17. The van der Waals surface area contributed by atoms with Gasteiger partial charge in [-0.25, -0.2) is 8.42 Å². The van der Waals surface area contributed by atoms with Crippen LogP contribution in [0.15, 0.2) is 27.6 Å². The van der Waals surface area contributed by atoms with Crippen molar-refractivity contribution in [1.82, 2.24) is 9.62 Å². The zero-order chi connectivity index (χ0) is 15.7. The summed E-state index contributed by atoms with van der Waals surface area (Å²) in [6.07, 6.45) is 4.51. The Balaban J connectivity index is 0.00000192. The number of sulfonamides is 1. The van der Waals surface area contributed by atoms with Gasteiger partial charge in [0.05, 0.1) is 4.90 Å². The molecule has 0 unspecified atom stereocenters. The van der Waals surface area contributed by atoms with E-state index in [0.717, 1.165) is 35.3 Å². The van der Waals surface area contributed by atoms with Crippen LogP contribution in [0, 0.1) is 12.8 Å². The van der Waals surface area contributed by atoms with Crippen molar-refractivity contribution >= 4 is 38.4 Å². The standard InChI is InChI=1S/C16H23BrN2O2S.ClH/c1-12-10-14(17)4-5-16(12)22(20,21)19-8-6-15(7-9-19)18-11-13-2-3-13;/h4-5,10,13,15,18H,2-3,6-9,11H2,1H3;1H. The monoisotopic (exact) mass is 422 g/mol. The number of rotatable bonds is 5. The third-order valence-corrected chi connectivity index (χ3v) is 7.15. The molecule has 4 nitrogen and oxygen atoms in total. The Labute approximate surface area is 153 Å². The molecule has 3 rings (SSSR count). The minimum Gasteiger partial charge on any atom is -0.314 e. The van der Waals surface area contributed by atoms with Gasteiger partial charge in [-0.05, 0) is 68.8 Å². The normalized spacial score (nSPS) is 20.3. The van der Waals surface area contributed by atoms with E-state index >= 15 is 0 Å². The molecule has 7 heteroatoms. The van der Waals surface area contributed by atoms with Crippen LogP contribution >= 0.6 is 28.3 Å². The van der Waals surface area contributed by atoms with Crippen LogP contribution < -0.4 is 5.32 Å². The fraction of sp³-hybridized carbons (Fsp3) is 0.625. The van der Waals surface area contributed by atoms with Gasteiger partial charge >= 0.3 is 0 Å². The number of piperidine rings is 1. The number of benzene rings is 1. The van der Waals surface area contributed by atoms with Crippen molar-refractivity contribution < 1.29 is 8.42 Å². The first-order chi connectivity index (χ1) is 10.5. The topological polar surface area (TPSA) is 49.4 Å². The molecule has 0 radical (unpaired) electrons. The van der Waals surface area contributed by atoms with Gasteiger partial charge in [-0.1, -0.05) is 15.9 Å². The Kier molecular flexibility index (Phi) is 6.53. The van der Waals surface area contributed by atoms with Crippen LogP contribution in [-0.4, -0.2) is 38.4 Å². The molecule has 1 saturated carbocycles. The smallest absolute Gasteiger partial charge is 0.243 e. The van der Waals surface area contributed by atoms with Gasteiger partial charge in [-0.2, -0.15) is 4.31 Å². The van der Waals surface area contributed by atoms with E-state index in [0.29, 0.717) is 24.0 Å². The molecular formula is C16H24BrClN2O2S. The molecule has 0 amide bonds. The number of halogens is 2. The summed E-state index contributed by atoms with van der Waals surface area (Å²) in [5, 5.41) is 3.59. The van der Waals surface area contributed by atoms with Gasteiger partial charge < -0.3 is 5.32 Å². The number of aryl methyl sites for hydroxylation is 1. The van der Waals surface area contributed by atoms with Gasteiger partial charge in [-0.3, -0.25) is 0 Å². The Morgan fingerprint density at radius 1 is 1.22 bits per heavy atom. The second-order valence-corrected chi connectivity index (χ2v) is 9.26. The zero-order valence-corrected chi connectivity index (χ0v) is 16.5. The molecule has 1 aliphatic heterocycles. The molecule has 130 valence electrons. The minimum absolute atomic E-state index is 0. The van der Waals surface area contributed by atoms with E-state index in [-0.39, 0.29) is 12.4 Å². The third-order valence-electron chi connectivity index (χ3n) is 4.60. The van der Waals surface area contributed by atoms with Crippen LogP contribution in [-0.2, 0) is 10.0 Å². The van der Waals surface area contributed by atoms with E-state index in [2.05, 4.69) is 21.2 Å². The summed E-state index contributed by atoms with van der Waals surface area (Å²) in [6, 6.07) is 5.82. The summed E-state index contributed by atoms with van der Waals surface area (Å²) in [5.74, 6) is 0.868. The van der Waals surface area contributed by atoms with Gasteiger partial charge in [0.15, 0.2) is 0 Å². The van der Waals surface area contributed by atoms with Crippen molar-refractivity contribution in [2.45, 2.75) is 43.5 Å². The van der Waals surface area contributed by atoms with Crippen LogP contribution in [0.2, 0.25) is 0 Å². The van der Waals surface area contributed by atoms with Gasteiger partial charge in [0.1, 0.15) is 0 Å². The first kappa shape index (κ1) is 19.2. The Morgan fingerprint density at radius 3 is 2.43 bits per heavy atom. The highest BCUT2D eigenvalue weighted by molar-refractivity contribution is 9.10. The lowest BCUT2D eigenvalue weighted by Crippen LogP contribution is -2.45. The molecule has 1 aliphatic carbocycles. The Bertz CT molecular complexity index is 641. The van der Waals surface area contributed by atoms with Gasteiger partial charge in [-0.15, -0.1) is 12.4 Å². The summed E-state index contributed by atoms with van der Waals surface area (Å²) >= 11 is 3.38. The molecule has 0 aromatic heterocycles. The van der Waals surface area contributed by atoms with Gasteiger partial charge in [0, 0.05) is 23.6 Å². The molecule has 1 saturated heterocycles. The van der Waals surface area contributed by atoms with Gasteiger partial charge in [0.25, 0.3) is 0 Å². The van der Waals surface area contributed by atoms with Crippen LogP contribution in [0.3, 0.4) is 0 Å². The van der Waals surface area contributed by atoms with E-state index in [1.54, 1.807) is 16.4 Å². The van der Waals surface area contributed by atoms with Crippen molar-refractivity contribution in [3.8, 4) is 0 Å². The maximum atomic E-state index is 12.8. The molecular weight excluding hydrogens is 400 g/mol. The average Bonchev–Trinajstić information content (AvgIpc) is 3.29. The lowest BCUT2D eigenvalue weighted by atomic mass is 10.1. The van der Waals surface area contributed by atoms with E-state index < -0.39 is 10.0 Å². The summed E-state index contributed by atoms with van der Waals surface area (Å²) in [5.41, 5.74) is 0.795. The molecule has 1 aromatic carbocycles. The summed E-state index contributed by atoms with van der Waals surface area (Å²) < 4.78 is 28.1. The minimum atomic E-state index is -3.37. The quantitative estimate of drug-likeness (QED) is 0.790. The number of nitrogens with one attached hydrogen (secondary N) is 1. The van der Waals surface area contributed by atoms with E-state index in [4.69, 9.17) is 0 Å². The van der Waals surface area contributed by atoms with Gasteiger partial charge in [0.2, 0.25) is 10.0 Å². The number of hydrogen-bond acceptors (Lipinski definition) is 3. The second-order valence-electron chi connectivity index (χ2n) is 6.44. The predicted octanol–water partition coefficient (Wildman–Crippen LogP) is 3.33. The van der Waals surface area contributed by atoms with Crippen molar-refractivity contribution in [3.63, 3.8) is 0 Å². The van der Waals surface area contributed by atoms with E-state index in [1.165, 1.54) is 12.8 Å². The lowest BCUT2D eigenvalue weighted by Gasteiger charge is -2.32. The number of nitrogens with zero attached hydrogens (tertiary/aromatic N) is 1. The highest BCUT2D eigenvalue weighted by atomic mass is 79.9. The first-order valence-corrected chi connectivity index (χ1v) is 10.2. The SMILES string of the molecule is Cc1cc(Br)ccc1S(=O)(=O)N1CCC(NCC2CC2)CC1.Cl. The summed E-state index contributed by atoms with van der Waals surface area (Å²) in [7, 11) is -3.37. The maximum Gasteiger partial charge on any atom is 0.243 e. The maximum absolute atomic E-state index is 12.8. The van der Waals surface area contributed by atoms with Crippen LogP contribution in [0.4, 0.5) is 0 Å². The Hall–Kier alpha value is -0.140. The third kappa shape index (κ3) is 4.69. The fourth-order valence-corrected chi connectivity index (χ4v) is 5.15. The lowest BCUT2D eigenvalue weighted by molar-refractivity contribution is 0.288. The second kappa shape index (κ2) is 7.83. The molecule has 2 aliphatic rings. The Morgan fingerprint density at radius 2 is 1.87 bits per heavy atom. The molecule has 0 atom stereocenters. The molecule has 0 spiro atoms. The largest absolute Gasteiger partial charge is 0.314 e. The van der Waals surface area contributed by atoms with E-state index in [1.807, 2.05) is 13.0 Å². The fourth-order valence-electron chi connectivity index (χ4n) is 3.00. The van der Waals surface area contributed by atoms with Crippen LogP contribution in [0.5, 0.6) is 0 Å².